The fourth-order valence-electron chi connectivity index (χ4n) is 2.31. The Morgan fingerprint density at radius 3 is 2.75 bits per heavy atom. The molecule has 0 atom stereocenters. The van der Waals surface area contributed by atoms with Gasteiger partial charge in [-0.15, -0.1) is 0 Å². The molecule has 0 radical (unpaired) electrons. The summed E-state index contributed by atoms with van der Waals surface area (Å²) >= 11 is 0. The Hall–Kier alpha value is -1.89. The number of rotatable bonds is 10. The minimum absolute atomic E-state index is 0.00400. The number of hydrogen-bond donors (Lipinski definition) is 1. The summed E-state index contributed by atoms with van der Waals surface area (Å²) in [5.74, 6) is 0.958. The van der Waals surface area contributed by atoms with Crippen molar-refractivity contribution in [1.82, 2.24) is 10.2 Å². The maximum absolute atomic E-state index is 12.4. The highest BCUT2D eigenvalue weighted by Gasteiger charge is 2.21. The third kappa shape index (κ3) is 5.96. The van der Waals surface area contributed by atoms with Crippen LogP contribution in [0.4, 0.5) is 8.78 Å². The Morgan fingerprint density at radius 2 is 2.12 bits per heavy atom. The second-order valence-electron chi connectivity index (χ2n) is 5.92. The summed E-state index contributed by atoms with van der Waals surface area (Å²) in [7, 11) is 1.71. The zero-order chi connectivity index (χ0) is 17.5. The molecule has 1 aromatic carbocycles. The van der Waals surface area contributed by atoms with Crippen molar-refractivity contribution < 1.29 is 23.0 Å². The quantitative estimate of drug-likeness (QED) is 0.710. The first-order chi connectivity index (χ1) is 11.5. The van der Waals surface area contributed by atoms with Crippen molar-refractivity contribution in [2.45, 2.75) is 32.9 Å². The number of amides is 1. The molecule has 0 heterocycles. The van der Waals surface area contributed by atoms with Crippen LogP contribution in [-0.2, 0) is 11.3 Å². The molecular weight excluding hydrogens is 318 g/mol. The Morgan fingerprint density at radius 1 is 1.38 bits per heavy atom. The monoisotopic (exact) mass is 342 g/mol. The molecule has 2 rings (SSSR count). The number of alkyl halides is 2. The van der Waals surface area contributed by atoms with Gasteiger partial charge in [-0.3, -0.25) is 4.79 Å². The highest BCUT2D eigenvalue weighted by molar-refractivity contribution is 5.78. The van der Waals surface area contributed by atoms with Gasteiger partial charge in [0.1, 0.15) is 0 Å². The fourth-order valence-corrected chi connectivity index (χ4v) is 2.31. The maximum atomic E-state index is 12.4. The smallest absolute Gasteiger partial charge is 0.387 e. The first-order valence-electron chi connectivity index (χ1n) is 8.14. The van der Waals surface area contributed by atoms with Gasteiger partial charge in [0.25, 0.3) is 0 Å². The average Bonchev–Trinajstić information content (AvgIpc) is 3.34. The lowest BCUT2D eigenvalue weighted by Gasteiger charge is -2.19. The van der Waals surface area contributed by atoms with Gasteiger partial charge in [-0.25, -0.2) is 0 Å². The summed E-state index contributed by atoms with van der Waals surface area (Å²) in [5, 5.41) is 3.16. The average molecular weight is 342 g/mol. The van der Waals surface area contributed by atoms with E-state index in [9.17, 15) is 13.6 Å². The molecule has 134 valence electrons. The van der Waals surface area contributed by atoms with Crippen LogP contribution in [0.15, 0.2) is 18.2 Å². The minimum atomic E-state index is -2.91. The van der Waals surface area contributed by atoms with E-state index in [4.69, 9.17) is 4.74 Å². The molecule has 5 nitrogen and oxygen atoms in total. The minimum Gasteiger partial charge on any atom is -0.490 e. The lowest BCUT2D eigenvalue weighted by atomic mass is 10.2. The second kappa shape index (κ2) is 8.82. The van der Waals surface area contributed by atoms with E-state index >= 15 is 0 Å². The molecule has 0 spiro atoms. The highest BCUT2D eigenvalue weighted by atomic mass is 19.3. The molecule has 1 aromatic rings. The van der Waals surface area contributed by atoms with Crippen molar-refractivity contribution in [3.05, 3.63) is 23.8 Å². The fraction of sp³-hybridized carbons (Fsp3) is 0.588. The van der Waals surface area contributed by atoms with E-state index < -0.39 is 6.61 Å². The third-order valence-electron chi connectivity index (χ3n) is 3.78. The first-order valence-corrected chi connectivity index (χ1v) is 8.14. The largest absolute Gasteiger partial charge is 0.490 e. The predicted octanol–water partition coefficient (Wildman–Crippen LogP) is 2.64. The van der Waals surface area contributed by atoms with Gasteiger partial charge in [0.05, 0.1) is 13.2 Å². The SMILES string of the molecule is CCOc1cc(CN(C)C(=O)CNCC2CC2)ccc1OC(F)F. The van der Waals surface area contributed by atoms with E-state index in [1.54, 1.807) is 31.0 Å². The summed E-state index contributed by atoms with van der Waals surface area (Å²) in [6.45, 7) is 0.755. The second-order valence-corrected chi connectivity index (χ2v) is 5.92. The Balaban J connectivity index is 1.91. The molecule has 7 heteroatoms. The lowest BCUT2D eigenvalue weighted by Crippen LogP contribution is -2.35. The van der Waals surface area contributed by atoms with Crippen molar-refractivity contribution in [1.29, 1.82) is 0 Å². The van der Waals surface area contributed by atoms with E-state index in [1.807, 2.05) is 0 Å². The molecule has 0 aliphatic heterocycles. The van der Waals surface area contributed by atoms with Gasteiger partial charge in [0.2, 0.25) is 5.91 Å². The first kappa shape index (κ1) is 18.4. The van der Waals surface area contributed by atoms with Crippen LogP contribution in [0.5, 0.6) is 11.5 Å². The summed E-state index contributed by atoms with van der Waals surface area (Å²) < 4.78 is 34.6. The van der Waals surface area contributed by atoms with Crippen LogP contribution in [0.25, 0.3) is 0 Å². The van der Waals surface area contributed by atoms with Crippen LogP contribution in [-0.4, -0.2) is 44.2 Å². The van der Waals surface area contributed by atoms with Gasteiger partial charge in [-0.1, -0.05) is 6.07 Å². The number of nitrogens with zero attached hydrogens (tertiary/aromatic N) is 1. The third-order valence-corrected chi connectivity index (χ3v) is 3.78. The molecule has 1 saturated carbocycles. The number of halogens is 2. The number of benzene rings is 1. The van der Waals surface area contributed by atoms with E-state index in [-0.39, 0.29) is 17.4 Å². The number of hydrogen-bond acceptors (Lipinski definition) is 4. The summed E-state index contributed by atoms with van der Waals surface area (Å²) in [6, 6.07) is 4.72. The summed E-state index contributed by atoms with van der Waals surface area (Å²) in [4.78, 5) is 13.7. The highest BCUT2D eigenvalue weighted by Crippen LogP contribution is 2.30. The van der Waals surface area contributed by atoms with E-state index in [0.29, 0.717) is 19.7 Å². The van der Waals surface area contributed by atoms with Gasteiger partial charge in [0, 0.05) is 13.6 Å². The maximum Gasteiger partial charge on any atom is 0.387 e. The number of carbonyl (C=O) groups is 1. The lowest BCUT2D eigenvalue weighted by molar-refractivity contribution is -0.129. The van der Waals surface area contributed by atoms with Gasteiger partial charge < -0.3 is 19.7 Å². The van der Waals surface area contributed by atoms with Crippen LogP contribution >= 0.6 is 0 Å². The van der Waals surface area contributed by atoms with Gasteiger partial charge in [-0.2, -0.15) is 8.78 Å². The number of likely N-dealkylation sites (N-methyl/N-ethyl adjacent to an activating group) is 1. The molecule has 0 saturated heterocycles. The molecule has 1 aliphatic rings. The van der Waals surface area contributed by atoms with Crippen molar-refractivity contribution in [3.8, 4) is 11.5 Å². The molecule has 0 aromatic heterocycles. The van der Waals surface area contributed by atoms with E-state index in [0.717, 1.165) is 18.0 Å². The van der Waals surface area contributed by atoms with Crippen molar-refractivity contribution in [3.63, 3.8) is 0 Å². The van der Waals surface area contributed by atoms with E-state index in [1.165, 1.54) is 18.9 Å². The standard InChI is InChI=1S/C17H24F2N2O3/c1-3-23-15-8-13(6-7-14(15)24-17(18)19)11-21(2)16(22)10-20-9-12-4-5-12/h6-8,12,17,20H,3-5,9-11H2,1-2H3. The van der Waals surface area contributed by atoms with Gasteiger partial charge in [0.15, 0.2) is 11.5 Å². The Bertz CT molecular complexity index is 551. The molecule has 24 heavy (non-hydrogen) atoms. The molecule has 0 bridgehead atoms. The zero-order valence-corrected chi connectivity index (χ0v) is 14.1. The molecular formula is C17H24F2N2O3. The van der Waals surface area contributed by atoms with Crippen LogP contribution in [0.3, 0.4) is 0 Å². The normalized spacial score (nSPS) is 13.9. The van der Waals surface area contributed by atoms with Crippen LogP contribution in [0, 0.1) is 5.92 Å². The zero-order valence-electron chi connectivity index (χ0n) is 14.1. The molecule has 1 fully saturated rings. The molecule has 1 N–H and O–H groups in total. The van der Waals surface area contributed by atoms with Crippen molar-refractivity contribution in [2.24, 2.45) is 5.92 Å². The van der Waals surface area contributed by atoms with Crippen molar-refractivity contribution >= 4 is 5.91 Å². The topological polar surface area (TPSA) is 50.8 Å². The summed E-state index contributed by atoms with van der Waals surface area (Å²) in [6.07, 6.45) is 2.48. The molecule has 1 aliphatic carbocycles. The number of carbonyl (C=O) groups excluding carboxylic acids is 1. The van der Waals surface area contributed by atoms with Crippen LogP contribution in [0.1, 0.15) is 25.3 Å². The van der Waals surface area contributed by atoms with Crippen LogP contribution < -0.4 is 14.8 Å². The summed E-state index contributed by atoms with van der Waals surface area (Å²) in [5.41, 5.74) is 0.790. The molecule has 1 amide bonds. The molecule has 0 unspecified atom stereocenters. The van der Waals surface area contributed by atoms with Crippen molar-refractivity contribution in [2.75, 3.05) is 26.7 Å². The van der Waals surface area contributed by atoms with Gasteiger partial charge >= 0.3 is 6.61 Å². The predicted molar refractivity (Wildman–Crippen MR) is 86.3 cm³/mol. The number of nitrogens with one attached hydrogen (secondary N) is 1. The number of ether oxygens (including phenoxy) is 2. The Labute approximate surface area is 140 Å². The van der Waals surface area contributed by atoms with Gasteiger partial charge in [-0.05, 0) is 49.9 Å². The Kier molecular flexibility index (Phi) is 6.78. The van der Waals surface area contributed by atoms with Crippen LogP contribution in [0.2, 0.25) is 0 Å². The van der Waals surface area contributed by atoms with E-state index in [2.05, 4.69) is 10.1 Å².